The molecule has 6 aliphatic rings. The summed E-state index contributed by atoms with van der Waals surface area (Å²) in [5.74, 6) is -5.41. The third kappa shape index (κ3) is 1.96. The summed E-state index contributed by atoms with van der Waals surface area (Å²) in [6.45, 7) is 7.92. The second kappa shape index (κ2) is 6.07. The van der Waals surface area contributed by atoms with Crippen LogP contribution < -0.4 is 5.32 Å². The molecule has 12 atom stereocenters. The van der Waals surface area contributed by atoms with Crippen LogP contribution in [-0.2, 0) is 38.1 Å². The van der Waals surface area contributed by atoms with Crippen molar-refractivity contribution in [3.05, 3.63) is 0 Å². The largest absolute Gasteiger partial charge is 0.456 e. The summed E-state index contributed by atoms with van der Waals surface area (Å²) in [6, 6.07) is 0. The second-order valence-electron chi connectivity index (χ2n) is 11.5. The Balaban J connectivity index is 1.65. The fourth-order valence-corrected chi connectivity index (χ4v) is 7.96. The van der Waals surface area contributed by atoms with Gasteiger partial charge in [0.15, 0.2) is 23.9 Å². The van der Waals surface area contributed by atoms with Crippen molar-refractivity contribution in [1.82, 2.24) is 5.32 Å². The average Bonchev–Trinajstić information content (AvgIpc) is 3.43. The Bertz CT molecular complexity index is 1090. The van der Waals surface area contributed by atoms with E-state index < -0.39 is 100 Å². The van der Waals surface area contributed by atoms with Crippen molar-refractivity contribution in [2.24, 2.45) is 22.7 Å². The maximum atomic E-state index is 13.6. The molecule has 0 radical (unpaired) electrons. The third-order valence-corrected chi connectivity index (χ3v) is 9.11. The summed E-state index contributed by atoms with van der Waals surface area (Å²) in [4.78, 5) is 51.9. The van der Waals surface area contributed by atoms with Gasteiger partial charge in [0.1, 0.15) is 11.5 Å². The summed E-state index contributed by atoms with van der Waals surface area (Å²) in [5.41, 5.74) is -9.55. The maximum absolute atomic E-state index is 13.6. The van der Waals surface area contributed by atoms with E-state index in [1.54, 1.807) is 20.8 Å². The first-order chi connectivity index (χ1) is 16.1. The van der Waals surface area contributed by atoms with Gasteiger partial charge in [-0.2, -0.15) is 0 Å². The van der Waals surface area contributed by atoms with Crippen LogP contribution >= 0.6 is 0 Å². The Morgan fingerprint density at radius 3 is 2.31 bits per heavy atom. The maximum Gasteiger partial charge on any atom is 0.407 e. The summed E-state index contributed by atoms with van der Waals surface area (Å²) in [5, 5.41) is 37.2. The minimum absolute atomic E-state index is 0.757. The number of esters is 3. The van der Waals surface area contributed by atoms with E-state index in [1.165, 1.54) is 13.8 Å². The highest BCUT2D eigenvalue weighted by Gasteiger charge is 3.05. The van der Waals surface area contributed by atoms with Gasteiger partial charge in [0.2, 0.25) is 11.9 Å². The van der Waals surface area contributed by atoms with E-state index in [-0.39, 0.29) is 0 Å². The molecule has 2 saturated carbocycles. The van der Waals surface area contributed by atoms with Crippen LogP contribution in [0.2, 0.25) is 0 Å². The van der Waals surface area contributed by atoms with Gasteiger partial charge in [0.25, 0.3) is 0 Å². The molecule has 192 valence electrons. The number of fused-ring (bicyclic) bond motifs is 1. The molecule has 4 aliphatic heterocycles. The van der Waals surface area contributed by atoms with E-state index in [0.29, 0.717) is 0 Å². The van der Waals surface area contributed by atoms with Crippen LogP contribution in [0.25, 0.3) is 0 Å². The van der Waals surface area contributed by atoms with Crippen molar-refractivity contribution < 1.29 is 58.2 Å². The monoisotopic (exact) mass is 497 g/mol. The van der Waals surface area contributed by atoms with Gasteiger partial charge in [0, 0.05) is 11.5 Å². The van der Waals surface area contributed by atoms with E-state index in [4.69, 9.17) is 23.7 Å². The number of carbonyl (C=O) groups excluding carboxylic acids is 4. The van der Waals surface area contributed by atoms with Crippen LogP contribution in [0.4, 0.5) is 4.79 Å². The Kier molecular flexibility index (Phi) is 3.98. The van der Waals surface area contributed by atoms with Crippen LogP contribution in [0.15, 0.2) is 0 Å². The van der Waals surface area contributed by atoms with Gasteiger partial charge in [-0.3, -0.25) is 4.79 Å². The highest BCUT2D eigenvalue weighted by Crippen LogP contribution is 2.83. The molecule has 2 aliphatic carbocycles. The Morgan fingerprint density at radius 2 is 1.69 bits per heavy atom. The van der Waals surface area contributed by atoms with Gasteiger partial charge >= 0.3 is 24.0 Å². The van der Waals surface area contributed by atoms with Crippen LogP contribution in [0, 0.1) is 22.7 Å². The Morgan fingerprint density at radius 1 is 1.03 bits per heavy atom. The minimum Gasteiger partial charge on any atom is -0.456 e. The molecule has 6 rings (SSSR count). The first kappa shape index (κ1) is 23.0. The fourth-order valence-electron chi connectivity index (χ4n) is 7.96. The molecule has 4 unspecified atom stereocenters. The Labute approximate surface area is 199 Å². The van der Waals surface area contributed by atoms with Gasteiger partial charge in [-0.25, -0.2) is 14.4 Å². The fraction of sp³-hybridized carbons (Fsp3) is 0.818. The standard InChI is InChI=1S/C22H27NO12/c1-6-8(24)10-20-11(33-17(29)23-18(3,4)5)12-21(30,7(2)13(26)31-12)22(20,15(28)32-10)35-16-19(6,20)9(25)14(27)34-16/h6-12,16,24-25,30H,1-5H3,(H,23,29)/t6-,7-,8-,9+,10?,11+,12+,16?,19?,20?,21-,22+/m1/s1. The molecular formula is C22H27NO12. The van der Waals surface area contributed by atoms with E-state index in [9.17, 15) is 34.5 Å². The number of alkyl carbamates (subject to hydrolysis) is 1. The number of hydrogen-bond acceptors (Lipinski definition) is 12. The molecule has 13 heteroatoms. The zero-order valence-electron chi connectivity index (χ0n) is 19.6. The molecule has 4 N–H and O–H groups in total. The lowest BCUT2D eigenvalue weighted by molar-refractivity contribution is -0.238. The highest BCUT2D eigenvalue weighted by molar-refractivity contribution is 5.94. The molecular weight excluding hydrogens is 470 g/mol. The summed E-state index contributed by atoms with van der Waals surface area (Å²) in [6.07, 6.45) is -10.7. The van der Waals surface area contributed by atoms with Gasteiger partial charge in [0.05, 0.1) is 17.4 Å². The van der Waals surface area contributed by atoms with Gasteiger partial charge in [-0.1, -0.05) is 6.92 Å². The normalized spacial score (nSPS) is 55.0. The number of hydrogen-bond donors (Lipinski definition) is 4. The van der Waals surface area contributed by atoms with Gasteiger partial charge < -0.3 is 44.3 Å². The molecule has 6 fully saturated rings. The van der Waals surface area contributed by atoms with E-state index >= 15 is 0 Å². The molecule has 4 saturated heterocycles. The number of aliphatic hydroxyl groups is 3. The molecule has 1 amide bonds. The van der Waals surface area contributed by atoms with Crippen molar-refractivity contribution in [3.63, 3.8) is 0 Å². The molecule has 4 heterocycles. The zero-order chi connectivity index (χ0) is 25.7. The number of rotatable bonds is 1. The summed E-state index contributed by atoms with van der Waals surface area (Å²) in [7, 11) is 0. The first-order valence-corrected chi connectivity index (χ1v) is 11.5. The molecule has 0 aromatic carbocycles. The molecule has 35 heavy (non-hydrogen) atoms. The topological polar surface area (TPSA) is 187 Å². The van der Waals surface area contributed by atoms with Gasteiger partial charge in [-0.05, 0) is 27.7 Å². The lowest BCUT2D eigenvalue weighted by atomic mass is 9.54. The predicted molar refractivity (Wildman–Crippen MR) is 107 cm³/mol. The van der Waals surface area contributed by atoms with E-state index in [1.807, 2.05) is 0 Å². The third-order valence-electron chi connectivity index (χ3n) is 9.11. The van der Waals surface area contributed by atoms with Crippen molar-refractivity contribution in [1.29, 1.82) is 0 Å². The van der Waals surface area contributed by atoms with Crippen LogP contribution in [0.5, 0.6) is 0 Å². The van der Waals surface area contributed by atoms with Crippen LogP contribution in [0.1, 0.15) is 34.6 Å². The van der Waals surface area contributed by atoms with Crippen molar-refractivity contribution in [2.75, 3.05) is 0 Å². The van der Waals surface area contributed by atoms with E-state index in [2.05, 4.69) is 5.32 Å². The van der Waals surface area contributed by atoms with Crippen molar-refractivity contribution in [2.45, 2.75) is 88.2 Å². The molecule has 0 bridgehead atoms. The lowest BCUT2D eigenvalue weighted by Crippen LogP contribution is -2.67. The number of nitrogens with one attached hydrogen (secondary N) is 1. The molecule has 0 aromatic rings. The lowest BCUT2D eigenvalue weighted by Gasteiger charge is -2.44. The number of ether oxygens (including phenoxy) is 5. The SMILES string of the molecule is C[C@@H]1[C@@H](O)C2OC(=O)[C@]34OC5OC(=O)[C@H](O)C51C23[C@@H](OC(=O)NC(C)(C)C)[C@@H]1OC(=O)[C@@H](C)[C@@]14O. The predicted octanol–water partition coefficient (Wildman–Crippen LogP) is -1.89. The minimum atomic E-state index is -2.45. The average molecular weight is 497 g/mol. The highest BCUT2D eigenvalue weighted by atomic mass is 16.8. The van der Waals surface area contributed by atoms with E-state index in [0.717, 1.165) is 0 Å². The quantitative estimate of drug-likeness (QED) is 0.233. The number of amides is 1. The number of carbonyl (C=O) groups is 4. The van der Waals surface area contributed by atoms with Crippen molar-refractivity contribution >= 4 is 24.0 Å². The summed E-state index contributed by atoms with van der Waals surface area (Å²) < 4.78 is 28.3. The Hall–Kier alpha value is -2.48. The van der Waals surface area contributed by atoms with Gasteiger partial charge in [-0.15, -0.1) is 0 Å². The molecule has 2 spiro atoms. The van der Waals surface area contributed by atoms with Crippen LogP contribution in [-0.4, -0.2) is 92.9 Å². The zero-order valence-corrected chi connectivity index (χ0v) is 19.6. The summed E-state index contributed by atoms with van der Waals surface area (Å²) >= 11 is 0. The molecule has 0 aromatic heterocycles. The smallest absolute Gasteiger partial charge is 0.407 e. The second-order valence-corrected chi connectivity index (χ2v) is 11.5. The first-order valence-electron chi connectivity index (χ1n) is 11.5. The van der Waals surface area contributed by atoms with Crippen molar-refractivity contribution in [3.8, 4) is 0 Å². The molecule has 13 nitrogen and oxygen atoms in total. The number of aliphatic hydroxyl groups excluding tert-OH is 2. The van der Waals surface area contributed by atoms with Crippen LogP contribution in [0.3, 0.4) is 0 Å².